The monoisotopic (exact) mass is 313 g/mol. The first-order chi connectivity index (χ1) is 11.0. The van der Waals surface area contributed by atoms with Crippen molar-refractivity contribution >= 4 is 11.6 Å². The molecule has 1 aromatic heterocycles. The van der Waals surface area contributed by atoms with Crippen LogP contribution in [0.5, 0.6) is 5.75 Å². The number of aromatic nitrogens is 1. The number of pyridine rings is 1. The molecule has 0 saturated heterocycles. The van der Waals surface area contributed by atoms with Gasteiger partial charge in [-0.25, -0.2) is 0 Å². The summed E-state index contributed by atoms with van der Waals surface area (Å²) in [4.78, 5) is 16.1. The number of amides is 1. The van der Waals surface area contributed by atoms with E-state index in [1.807, 2.05) is 38.1 Å². The molecule has 2 rings (SSSR count). The lowest BCUT2D eigenvalue weighted by Crippen LogP contribution is -2.36. The molecular formula is C18H23N3O2. The van der Waals surface area contributed by atoms with Crippen molar-refractivity contribution in [1.82, 2.24) is 4.98 Å². The van der Waals surface area contributed by atoms with Gasteiger partial charge in [-0.05, 0) is 42.2 Å². The van der Waals surface area contributed by atoms with Gasteiger partial charge in [0.2, 0.25) is 5.91 Å². The molecule has 1 atom stereocenters. The standard InChI is InChI=1S/C18H23N3O2/c1-12(2)10-16(19)18(22)21-14-4-5-15(17(11-14)23-3)13-6-8-20-9-7-13/h4-9,11-12,16H,10,19H2,1-3H3,(H,21,22)/t16-/m1/s1. The Balaban J connectivity index is 2.18. The van der Waals surface area contributed by atoms with Crippen LogP contribution >= 0.6 is 0 Å². The summed E-state index contributed by atoms with van der Waals surface area (Å²) < 4.78 is 5.44. The number of nitrogens with zero attached hydrogens (tertiary/aromatic N) is 1. The maximum atomic E-state index is 12.1. The summed E-state index contributed by atoms with van der Waals surface area (Å²) in [7, 11) is 1.61. The van der Waals surface area contributed by atoms with Gasteiger partial charge in [-0.2, -0.15) is 0 Å². The third-order valence-electron chi connectivity index (χ3n) is 3.52. The quantitative estimate of drug-likeness (QED) is 0.859. The molecule has 1 aromatic carbocycles. The maximum absolute atomic E-state index is 12.1. The number of nitrogens with one attached hydrogen (secondary N) is 1. The Bertz CT molecular complexity index is 657. The van der Waals surface area contributed by atoms with Crippen molar-refractivity contribution in [1.29, 1.82) is 0 Å². The first kappa shape index (κ1) is 17.0. The summed E-state index contributed by atoms with van der Waals surface area (Å²) in [6.45, 7) is 4.08. The van der Waals surface area contributed by atoms with Gasteiger partial charge < -0.3 is 15.8 Å². The second-order valence-electron chi connectivity index (χ2n) is 5.88. The van der Waals surface area contributed by atoms with E-state index in [9.17, 15) is 4.79 Å². The summed E-state index contributed by atoms with van der Waals surface area (Å²) >= 11 is 0. The third kappa shape index (κ3) is 4.53. The minimum atomic E-state index is -0.513. The number of benzene rings is 1. The highest BCUT2D eigenvalue weighted by atomic mass is 16.5. The molecule has 5 heteroatoms. The summed E-state index contributed by atoms with van der Waals surface area (Å²) in [6, 6.07) is 8.87. The molecule has 5 nitrogen and oxygen atoms in total. The number of anilines is 1. The van der Waals surface area contributed by atoms with Crippen molar-refractivity contribution in [2.24, 2.45) is 11.7 Å². The lowest BCUT2D eigenvalue weighted by atomic mass is 10.0. The zero-order valence-electron chi connectivity index (χ0n) is 13.7. The Labute approximate surface area is 136 Å². The van der Waals surface area contributed by atoms with Gasteiger partial charge in [-0.1, -0.05) is 13.8 Å². The van der Waals surface area contributed by atoms with Gasteiger partial charge in [0.25, 0.3) is 0 Å². The molecule has 0 aliphatic carbocycles. The Kier molecular flexibility index (Phi) is 5.71. The highest BCUT2D eigenvalue weighted by Gasteiger charge is 2.16. The zero-order valence-corrected chi connectivity index (χ0v) is 13.7. The van der Waals surface area contributed by atoms with Gasteiger partial charge in [0.15, 0.2) is 0 Å². The highest BCUT2D eigenvalue weighted by molar-refractivity contribution is 5.95. The summed E-state index contributed by atoms with van der Waals surface area (Å²) in [5.74, 6) is 0.878. The Morgan fingerprint density at radius 2 is 1.96 bits per heavy atom. The van der Waals surface area contributed by atoms with E-state index in [0.29, 0.717) is 23.8 Å². The zero-order chi connectivity index (χ0) is 16.8. The van der Waals surface area contributed by atoms with Crippen LogP contribution in [-0.2, 0) is 4.79 Å². The maximum Gasteiger partial charge on any atom is 0.241 e. The minimum absolute atomic E-state index is 0.183. The van der Waals surface area contributed by atoms with Crippen LogP contribution in [0.25, 0.3) is 11.1 Å². The van der Waals surface area contributed by atoms with Gasteiger partial charge >= 0.3 is 0 Å². The van der Waals surface area contributed by atoms with Crippen LogP contribution in [0.3, 0.4) is 0 Å². The fraction of sp³-hybridized carbons (Fsp3) is 0.333. The van der Waals surface area contributed by atoms with Crippen LogP contribution < -0.4 is 15.8 Å². The average molecular weight is 313 g/mol. The molecule has 23 heavy (non-hydrogen) atoms. The van der Waals surface area contributed by atoms with Crippen LogP contribution in [0.2, 0.25) is 0 Å². The van der Waals surface area contributed by atoms with Crippen LogP contribution in [0, 0.1) is 5.92 Å². The summed E-state index contributed by atoms with van der Waals surface area (Å²) in [6.07, 6.45) is 4.11. The molecule has 0 fully saturated rings. The second kappa shape index (κ2) is 7.74. The molecule has 0 unspecified atom stereocenters. The molecule has 0 radical (unpaired) electrons. The molecule has 0 bridgehead atoms. The van der Waals surface area contributed by atoms with Gasteiger partial charge in [-0.3, -0.25) is 9.78 Å². The topological polar surface area (TPSA) is 77.2 Å². The predicted octanol–water partition coefficient (Wildman–Crippen LogP) is 3.07. The first-order valence-electron chi connectivity index (χ1n) is 7.66. The van der Waals surface area contributed by atoms with Crippen molar-refractivity contribution in [3.63, 3.8) is 0 Å². The van der Waals surface area contributed by atoms with Crippen LogP contribution in [0.4, 0.5) is 5.69 Å². The van der Waals surface area contributed by atoms with E-state index in [1.54, 1.807) is 25.6 Å². The van der Waals surface area contributed by atoms with Crippen molar-refractivity contribution < 1.29 is 9.53 Å². The van der Waals surface area contributed by atoms with Crippen molar-refractivity contribution in [2.45, 2.75) is 26.3 Å². The number of nitrogens with two attached hydrogens (primary N) is 1. The molecular weight excluding hydrogens is 290 g/mol. The average Bonchev–Trinajstić information content (AvgIpc) is 2.54. The predicted molar refractivity (Wildman–Crippen MR) is 92.3 cm³/mol. The van der Waals surface area contributed by atoms with E-state index in [-0.39, 0.29) is 5.91 Å². The lowest BCUT2D eigenvalue weighted by Gasteiger charge is -2.15. The van der Waals surface area contributed by atoms with E-state index in [4.69, 9.17) is 10.5 Å². The Hall–Kier alpha value is -2.40. The number of ether oxygens (including phenoxy) is 1. The SMILES string of the molecule is COc1cc(NC(=O)[C@H](N)CC(C)C)ccc1-c1ccncc1. The number of carbonyl (C=O) groups excluding carboxylic acids is 1. The first-order valence-corrected chi connectivity index (χ1v) is 7.66. The molecule has 1 amide bonds. The largest absolute Gasteiger partial charge is 0.496 e. The smallest absolute Gasteiger partial charge is 0.241 e. The van der Waals surface area contributed by atoms with Gasteiger partial charge in [0, 0.05) is 29.7 Å². The van der Waals surface area contributed by atoms with E-state index in [0.717, 1.165) is 11.1 Å². The number of carbonyl (C=O) groups is 1. The van der Waals surface area contributed by atoms with Gasteiger partial charge in [-0.15, -0.1) is 0 Å². The second-order valence-corrected chi connectivity index (χ2v) is 5.88. The summed E-state index contributed by atoms with van der Waals surface area (Å²) in [5, 5.41) is 2.84. The molecule has 0 aliphatic rings. The van der Waals surface area contributed by atoms with E-state index in [2.05, 4.69) is 10.3 Å². The lowest BCUT2D eigenvalue weighted by molar-refractivity contribution is -0.117. The van der Waals surface area contributed by atoms with Crippen LogP contribution in [0.1, 0.15) is 20.3 Å². The van der Waals surface area contributed by atoms with Gasteiger partial charge in [0.1, 0.15) is 5.75 Å². The fourth-order valence-corrected chi connectivity index (χ4v) is 2.39. The number of hydrogen-bond donors (Lipinski definition) is 2. The minimum Gasteiger partial charge on any atom is -0.496 e. The highest BCUT2D eigenvalue weighted by Crippen LogP contribution is 2.32. The number of methoxy groups -OCH3 is 1. The molecule has 0 aliphatic heterocycles. The van der Waals surface area contributed by atoms with E-state index < -0.39 is 6.04 Å². The number of hydrogen-bond acceptors (Lipinski definition) is 4. The Morgan fingerprint density at radius 3 is 2.57 bits per heavy atom. The van der Waals surface area contributed by atoms with Crippen molar-refractivity contribution in [3.8, 4) is 16.9 Å². The normalized spacial score (nSPS) is 12.0. The molecule has 122 valence electrons. The van der Waals surface area contributed by atoms with Crippen molar-refractivity contribution in [3.05, 3.63) is 42.7 Å². The number of rotatable bonds is 6. The van der Waals surface area contributed by atoms with Crippen molar-refractivity contribution in [2.75, 3.05) is 12.4 Å². The molecule has 2 aromatic rings. The summed E-state index contributed by atoms with van der Waals surface area (Å²) in [5.41, 5.74) is 8.53. The van der Waals surface area contributed by atoms with E-state index >= 15 is 0 Å². The molecule has 3 N–H and O–H groups in total. The van der Waals surface area contributed by atoms with Crippen LogP contribution in [-0.4, -0.2) is 24.0 Å². The molecule has 0 saturated carbocycles. The molecule has 1 heterocycles. The van der Waals surface area contributed by atoms with Crippen LogP contribution in [0.15, 0.2) is 42.7 Å². The molecule has 0 spiro atoms. The Morgan fingerprint density at radius 1 is 1.26 bits per heavy atom. The van der Waals surface area contributed by atoms with Gasteiger partial charge in [0.05, 0.1) is 13.2 Å². The fourth-order valence-electron chi connectivity index (χ4n) is 2.39. The van der Waals surface area contributed by atoms with E-state index in [1.165, 1.54) is 0 Å². The third-order valence-corrected chi connectivity index (χ3v) is 3.52.